The maximum absolute atomic E-state index is 4.02. The molecule has 74 valence electrons. The van der Waals surface area contributed by atoms with E-state index in [1.54, 1.807) is 0 Å². The van der Waals surface area contributed by atoms with Gasteiger partial charge in [0.25, 0.3) is 0 Å². The molecule has 3 nitrogen and oxygen atoms in total. The molecule has 1 rings (SSSR count). The van der Waals surface area contributed by atoms with Gasteiger partial charge in [-0.25, -0.2) is 4.98 Å². The monoisotopic (exact) mass is 181 g/mol. The zero-order chi connectivity index (χ0) is 9.52. The first kappa shape index (κ1) is 10.3. The summed E-state index contributed by atoms with van der Waals surface area (Å²) in [6.07, 6.45) is 8.07. The van der Waals surface area contributed by atoms with Gasteiger partial charge in [-0.2, -0.15) is 0 Å². The Morgan fingerprint density at radius 2 is 2.31 bits per heavy atom. The van der Waals surface area contributed by atoms with Crippen LogP contribution >= 0.6 is 0 Å². The molecule has 0 amide bonds. The number of nitrogens with one attached hydrogen (secondary N) is 1. The number of hydrogen-bond acceptors (Lipinski definition) is 2. The lowest BCUT2D eigenvalue weighted by molar-refractivity contribution is 0.437. The Morgan fingerprint density at radius 1 is 1.46 bits per heavy atom. The Bertz CT molecular complexity index is 206. The van der Waals surface area contributed by atoms with Crippen molar-refractivity contribution in [2.24, 2.45) is 0 Å². The zero-order valence-electron chi connectivity index (χ0n) is 8.53. The Morgan fingerprint density at radius 3 is 2.85 bits per heavy atom. The molecule has 0 aliphatic carbocycles. The third-order valence-corrected chi connectivity index (χ3v) is 2.17. The first-order valence-electron chi connectivity index (χ1n) is 5.06. The SMILES string of the molecule is CCCNC(CC)Cn1ccnc1. The predicted molar refractivity (Wildman–Crippen MR) is 54.6 cm³/mol. The summed E-state index contributed by atoms with van der Waals surface area (Å²) in [5.41, 5.74) is 0. The van der Waals surface area contributed by atoms with Crippen LogP contribution in [0.5, 0.6) is 0 Å². The molecule has 1 unspecified atom stereocenters. The topological polar surface area (TPSA) is 29.9 Å². The third kappa shape index (κ3) is 3.59. The van der Waals surface area contributed by atoms with E-state index >= 15 is 0 Å². The lowest BCUT2D eigenvalue weighted by Crippen LogP contribution is -2.32. The van der Waals surface area contributed by atoms with Gasteiger partial charge in [0.05, 0.1) is 6.33 Å². The van der Waals surface area contributed by atoms with E-state index < -0.39 is 0 Å². The van der Waals surface area contributed by atoms with Gasteiger partial charge in [-0.3, -0.25) is 0 Å². The van der Waals surface area contributed by atoms with Crippen LogP contribution in [0.25, 0.3) is 0 Å². The maximum atomic E-state index is 4.02. The van der Waals surface area contributed by atoms with Crippen molar-refractivity contribution in [3.05, 3.63) is 18.7 Å². The largest absolute Gasteiger partial charge is 0.336 e. The second-order valence-electron chi connectivity index (χ2n) is 3.32. The van der Waals surface area contributed by atoms with Gasteiger partial charge in [0.15, 0.2) is 0 Å². The van der Waals surface area contributed by atoms with Gasteiger partial charge in [-0.1, -0.05) is 13.8 Å². The minimum absolute atomic E-state index is 0.578. The van der Waals surface area contributed by atoms with Crippen molar-refractivity contribution in [2.45, 2.75) is 39.3 Å². The van der Waals surface area contributed by atoms with Gasteiger partial charge < -0.3 is 9.88 Å². The minimum Gasteiger partial charge on any atom is -0.336 e. The van der Waals surface area contributed by atoms with Crippen LogP contribution in [-0.2, 0) is 6.54 Å². The molecular formula is C10H19N3. The summed E-state index contributed by atoms with van der Waals surface area (Å²) >= 11 is 0. The van der Waals surface area contributed by atoms with E-state index in [0.29, 0.717) is 6.04 Å². The van der Waals surface area contributed by atoms with Gasteiger partial charge in [0.1, 0.15) is 0 Å². The summed E-state index contributed by atoms with van der Waals surface area (Å²) in [6, 6.07) is 0.578. The van der Waals surface area contributed by atoms with Crippen LogP contribution in [0, 0.1) is 0 Å². The molecule has 0 fully saturated rings. The molecule has 1 aromatic rings. The molecule has 0 saturated heterocycles. The molecule has 0 aromatic carbocycles. The first-order valence-corrected chi connectivity index (χ1v) is 5.06. The molecule has 1 aromatic heterocycles. The third-order valence-electron chi connectivity index (χ3n) is 2.17. The van der Waals surface area contributed by atoms with Crippen LogP contribution in [0.4, 0.5) is 0 Å². The summed E-state index contributed by atoms with van der Waals surface area (Å²) in [7, 11) is 0. The first-order chi connectivity index (χ1) is 6.36. The van der Waals surface area contributed by atoms with E-state index in [-0.39, 0.29) is 0 Å². The predicted octanol–water partition coefficient (Wildman–Crippen LogP) is 1.66. The second kappa shape index (κ2) is 5.75. The van der Waals surface area contributed by atoms with Gasteiger partial charge in [0, 0.05) is 25.0 Å². The lowest BCUT2D eigenvalue weighted by atomic mass is 10.2. The molecule has 0 aliphatic rings. The highest BCUT2D eigenvalue weighted by Crippen LogP contribution is 1.96. The summed E-state index contributed by atoms with van der Waals surface area (Å²) < 4.78 is 2.12. The van der Waals surface area contributed by atoms with Crippen LogP contribution in [-0.4, -0.2) is 22.1 Å². The van der Waals surface area contributed by atoms with Crippen molar-refractivity contribution in [3.63, 3.8) is 0 Å². The minimum atomic E-state index is 0.578. The average Bonchev–Trinajstić information content (AvgIpc) is 2.64. The summed E-state index contributed by atoms with van der Waals surface area (Å²) in [6.45, 7) is 6.53. The fraction of sp³-hybridized carbons (Fsp3) is 0.700. The molecule has 13 heavy (non-hydrogen) atoms. The second-order valence-corrected chi connectivity index (χ2v) is 3.32. The molecule has 0 aliphatic heterocycles. The van der Waals surface area contributed by atoms with Crippen molar-refractivity contribution < 1.29 is 0 Å². The van der Waals surface area contributed by atoms with E-state index in [0.717, 1.165) is 19.5 Å². The standard InChI is InChI=1S/C10H19N3/c1-3-5-12-10(4-2)8-13-7-6-11-9-13/h6-7,9-10,12H,3-5,8H2,1-2H3. The number of nitrogens with zero attached hydrogens (tertiary/aromatic N) is 2. The Labute approximate surface area is 80.2 Å². The molecular weight excluding hydrogens is 162 g/mol. The van der Waals surface area contributed by atoms with Crippen molar-refractivity contribution in [1.29, 1.82) is 0 Å². The molecule has 0 spiro atoms. The Hall–Kier alpha value is -0.830. The molecule has 1 N–H and O–H groups in total. The van der Waals surface area contributed by atoms with E-state index in [4.69, 9.17) is 0 Å². The summed E-state index contributed by atoms with van der Waals surface area (Å²) in [5, 5.41) is 3.51. The van der Waals surface area contributed by atoms with Crippen molar-refractivity contribution >= 4 is 0 Å². The van der Waals surface area contributed by atoms with Crippen LogP contribution in [0.1, 0.15) is 26.7 Å². The highest BCUT2D eigenvalue weighted by molar-refractivity contribution is 4.77. The highest BCUT2D eigenvalue weighted by Gasteiger charge is 2.04. The fourth-order valence-electron chi connectivity index (χ4n) is 1.34. The quantitative estimate of drug-likeness (QED) is 0.723. The maximum Gasteiger partial charge on any atom is 0.0946 e. The Balaban J connectivity index is 2.31. The fourth-order valence-corrected chi connectivity index (χ4v) is 1.34. The van der Waals surface area contributed by atoms with E-state index in [9.17, 15) is 0 Å². The van der Waals surface area contributed by atoms with E-state index in [1.807, 2.05) is 18.7 Å². The van der Waals surface area contributed by atoms with Crippen molar-refractivity contribution in [1.82, 2.24) is 14.9 Å². The van der Waals surface area contributed by atoms with Crippen LogP contribution in [0.15, 0.2) is 18.7 Å². The van der Waals surface area contributed by atoms with Crippen molar-refractivity contribution in [2.75, 3.05) is 6.54 Å². The van der Waals surface area contributed by atoms with Gasteiger partial charge in [0.2, 0.25) is 0 Å². The van der Waals surface area contributed by atoms with E-state index in [2.05, 4.69) is 28.7 Å². The molecule has 3 heteroatoms. The zero-order valence-corrected chi connectivity index (χ0v) is 8.53. The van der Waals surface area contributed by atoms with Gasteiger partial charge in [-0.05, 0) is 19.4 Å². The van der Waals surface area contributed by atoms with Crippen LogP contribution < -0.4 is 5.32 Å². The highest BCUT2D eigenvalue weighted by atomic mass is 15.1. The number of imidazole rings is 1. The number of aromatic nitrogens is 2. The molecule has 1 heterocycles. The van der Waals surface area contributed by atoms with Crippen molar-refractivity contribution in [3.8, 4) is 0 Å². The lowest BCUT2D eigenvalue weighted by Gasteiger charge is -2.16. The van der Waals surface area contributed by atoms with Gasteiger partial charge >= 0.3 is 0 Å². The Kier molecular flexibility index (Phi) is 4.54. The molecule has 1 atom stereocenters. The van der Waals surface area contributed by atoms with Crippen LogP contribution in [0.3, 0.4) is 0 Å². The number of hydrogen-bond donors (Lipinski definition) is 1. The smallest absolute Gasteiger partial charge is 0.0946 e. The molecule has 0 bridgehead atoms. The summed E-state index contributed by atoms with van der Waals surface area (Å²) in [4.78, 5) is 4.02. The molecule has 0 saturated carbocycles. The van der Waals surface area contributed by atoms with Crippen LogP contribution in [0.2, 0.25) is 0 Å². The van der Waals surface area contributed by atoms with Gasteiger partial charge in [-0.15, -0.1) is 0 Å². The summed E-state index contributed by atoms with van der Waals surface area (Å²) in [5.74, 6) is 0. The number of rotatable bonds is 6. The molecule has 0 radical (unpaired) electrons. The van der Waals surface area contributed by atoms with E-state index in [1.165, 1.54) is 6.42 Å². The average molecular weight is 181 g/mol. The normalized spacial score (nSPS) is 13.1.